The third-order valence-electron chi connectivity index (χ3n) is 3.49. The second-order valence-corrected chi connectivity index (χ2v) is 5.94. The first kappa shape index (κ1) is 15.8. The van der Waals surface area contributed by atoms with E-state index in [1.165, 1.54) is 18.5 Å². The summed E-state index contributed by atoms with van der Waals surface area (Å²) in [6.45, 7) is 0. The van der Waals surface area contributed by atoms with E-state index in [2.05, 4.69) is 15.1 Å². The van der Waals surface area contributed by atoms with Gasteiger partial charge in [-0.05, 0) is 30.3 Å². The van der Waals surface area contributed by atoms with Crippen LogP contribution in [0.2, 0.25) is 10.0 Å². The normalized spacial score (nSPS) is 11.0. The summed E-state index contributed by atoms with van der Waals surface area (Å²) < 4.78 is 20.6. The lowest BCUT2D eigenvalue weighted by atomic mass is 10.3. The molecule has 2 aromatic carbocycles. The molecule has 0 aliphatic carbocycles. The zero-order valence-electron chi connectivity index (χ0n) is 12.5. The molecular weight excluding hydrogens is 366 g/mol. The Bertz CT molecular complexity index is 1080. The lowest BCUT2D eigenvalue weighted by molar-refractivity contribution is 0.463. The quantitative estimate of drug-likeness (QED) is 0.503. The molecule has 4 rings (SSSR count). The highest BCUT2D eigenvalue weighted by Crippen LogP contribution is 2.29. The molecule has 8 heteroatoms. The van der Waals surface area contributed by atoms with E-state index in [0.717, 1.165) is 0 Å². The molecule has 0 N–H and O–H groups in total. The molecule has 0 amide bonds. The summed E-state index contributed by atoms with van der Waals surface area (Å²) in [6, 6.07) is 10.9. The van der Waals surface area contributed by atoms with Crippen LogP contribution in [0.25, 0.3) is 16.7 Å². The van der Waals surface area contributed by atoms with Gasteiger partial charge in [0.05, 0.1) is 21.9 Å². The Labute approximate surface area is 151 Å². The van der Waals surface area contributed by atoms with E-state index in [4.69, 9.17) is 27.9 Å². The molecule has 0 radical (unpaired) electrons. The average Bonchev–Trinajstić information content (AvgIpc) is 3.03. The largest absolute Gasteiger partial charge is 0.438 e. The van der Waals surface area contributed by atoms with Gasteiger partial charge in [0.2, 0.25) is 5.88 Å². The average molecular weight is 375 g/mol. The fraction of sp³-hybridized carbons (Fsp3) is 0. The number of hydrogen-bond acceptors (Lipinski definition) is 4. The monoisotopic (exact) mass is 374 g/mol. The van der Waals surface area contributed by atoms with Crippen molar-refractivity contribution >= 4 is 34.2 Å². The number of hydrogen-bond donors (Lipinski definition) is 0. The third-order valence-corrected chi connectivity index (χ3v) is 4.23. The smallest absolute Gasteiger partial charge is 0.233 e. The molecule has 0 spiro atoms. The van der Waals surface area contributed by atoms with Crippen molar-refractivity contribution in [3.05, 3.63) is 70.9 Å². The summed E-state index contributed by atoms with van der Waals surface area (Å²) in [6.07, 6.45) is 2.93. The van der Waals surface area contributed by atoms with Gasteiger partial charge in [-0.15, -0.1) is 0 Å². The second-order valence-electron chi connectivity index (χ2n) is 5.13. The van der Waals surface area contributed by atoms with E-state index in [1.807, 2.05) is 0 Å². The maximum atomic E-state index is 13.3. The van der Waals surface area contributed by atoms with Gasteiger partial charge in [0, 0.05) is 6.07 Å². The van der Waals surface area contributed by atoms with Crippen molar-refractivity contribution in [2.24, 2.45) is 0 Å². The molecule has 0 saturated heterocycles. The number of benzene rings is 2. The van der Waals surface area contributed by atoms with Crippen LogP contribution in [-0.2, 0) is 0 Å². The first-order valence-electron chi connectivity index (χ1n) is 7.19. The molecule has 0 unspecified atom stereocenters. The zero-order chi connectivity index (χ0) is 17.4. The Morgan fingerprint density at radius 3 is 2.68 bits per heavy atom. The summed E-state index contributed by atoms with van der Waals surface area (Å²) in [7, 11) is 0. The molecule has 2 aromatic heterocycles. The molecule has 5 nitrogen and oxygen atoms in total. The van der Waals surface area contributed by atoms with Gasteiger partial charge >= 0.3 is 0 Å². The highest BCUT2D eigenvalue weighted by Gasteiger charge is 2.14. The molecule has 124 valence electrons. The Hall–Kier alpha value is -2.70. The molecule has 0 bridgehead atoms. The second kappa shape index (κ2) is 6.31. The minimum atomic E-state index is -0.394. The van der Waals surface area contributed by atoms with Crippen LogP contribution in [0.3, 0.4) is 0 Å². The predicted molar refractivity (Wildman–Crippen MR) is 93.2 cm³/mol. The minimum Gasteiger partial charge on any atom is -0.438 e. The Kier molecular flexibility index (Phi) is 3.99. The van der Waals surface area contributed by atoms with Gasteiger partial charge in [-0.25, -0.2) is 19.0 Å². The maximum Gasteiger partial charge on any atom is 0.233 e. The number of halogens is 3. The molecule has 25 heavy (non-hydrogen) atoms. The highest BCUT2D eigenvalue weighted by molar-refractivity contribution is 6.42. The van der Waals surface area contributed by atoms with Gasteiger partial charge < -0.3 is 4.74 Å². The molecule has 4 aromatic rings. The van der Waals surface area contributed by atoms with Gasteiger partial charge in [-0.3, -0.25) is 0 Å². The molecule has 0 atom stereocenters. The summed E-state index contributed by atoms with van der Waals surface area (Å²) in [5.74, 6) is 0.221. The fourth-order valence-electron chi connectivity index (χ4n) is 2.35. The van der Waals surface area contributed by atoms with Gasteiger partial charge in [-0.1, -0.05) is 29.3 Å². The number of nitrogens with zero attached hydrogens (tertiary/aromatic N) is 4. The maximum absolute atomic E-state index is 13.3. The molecular formula is C17H9Cl2FN4O. The van der Waals surface area contributed by atoms with E-state index in [0.29, 0.717) is 32.5 Å². The summed E-state index contributed by atoms with van der Waals surface area (Å²) in [4.78, 5) is 8.36. The predicted octanol–water partition coefficient (Wildman–Crippen LogP) is 5.05. The molecule has 0 aliphatic heterocycles. The van der Waals surface area contributed by atoms with Crippen LogP contribution in [0.15, 0.2) is 55.0 Å². The Morgan fingerprint density at radius 2 is 1.88 bits per heavy atom. The summed E-state index contributed by atoms with van der Waals surface area (Å²) in [5.41, 5.74) is 1.22. The Balaban J connectivity index is 1.79. The van der Waals surface area contributed by atoms with E-state index < -0.39 is 5.82 Å². The fourth-order valence-corrected chi connectivity index (χ4v) is 2.64. The van der Waals surface area contributed by atoms with E-state index >= 15 is 0 Å². The first-order valence-corrected chi connectivity index (χ1v) is 7.95. The minimum absolute atomic E-state index is 0.280. The standard InChI is InChI=1S/C17H9Cl2FN4O/c18-14-5-4-11(7-15(14)19)24-16-13(8-23-24)17(22-9-21-16)25-12-3-1-2-10(20)6-12/h1-9H. The van der Waals surface area contributed by atoms with Crippen molar-refractivity contribution in [2.75, 3.05) is 0 Å². The number of ether oxygens (including phenoxy) is 1. The first-order chi connectivity index (χ1) is 12.1. The van der Waals surface area contributed by atoms with Crippen LogP contribution in [0.5, 0.6) is 11.6 Å². The van der Waals surface area contributed by atoms with Crippen LogP contribution in [0.4, 0.5) is 4.39 Å². The van der Waals surface area contributed by atoms with Crippen LogP contribution < -0.4 is 4.74 Å². The topological polar surface area (TPSA) is 52.8 Å². The molecule has 2 heterocycles. The lowest BCUT2D eigenvalue weighted by Gasteiger charge is -2.07. The van der Waals surface area contributed by atoms with E-state index in [1.54, 1.807) is 41.2 Å². The van der Waals surface area contributed by atoms with Crippen molar-refractivity contribution in [3.8, 4) is 17.3 Å². The number of rotatable bonds is 3. The van der Waals surface area contributed by atoms with Crippen LogP contribution >= 0.6 is 23.2 Å². The van der Waals surface area contributed by atoms with Gasteiger partial charge in [0.25, 0.3) is 0 Å². The summed E-state index contributed by atoms with van der Waals surface area (Å²) in [5, 5.41) is 5.76. The van der Waals surface area contributed by atoms with Crippen molar-refractivity contribution in [3.63, 3.8) is 0 Å². The van der Waals surface area contributed by atoms with Crippen molar-refractivity contribution in [1.29, 1.82) is 0 Å². The number of fused-ring (bicyclic) bond motifs is 1. The van der Waals surface area contributed by atoms with Crippen LogP contribution in [-0.4, -0.2) is 19.7 Å². The van der Waals surface area contributed by atoms with Crippen molar-refractivity contribution in [2.45, 2.75) is 0 Å². The molecule has 0 fully saturated rings. The zero-order valence-corrected chi connectivity index (χ0v) is 14.0. The Morgan fingerprint density at radius 1 is 1.00 bits per heavy atom. The van der Waals surface area contributed by atoms with Gasteiger partial charge in [0.1, 0.15) is 23.3 Å². The SMILES string of the molecule is Fc1cccc(Oc2ncnc3c2cnn3-c2ccc(Cl)c(Cl)c2)c1. The van der Waals surface area contributed by atoms with Gasteiger partial charge in [-0.2, -0.15) is 5.10 Å². The highest BCUT2D eigenvalue weighted by atomic mass is 35.5. The third kappa shape index (κ3) is 3.01. The van der Waals surface area contributed by atoms with Crippen LogP contribution in [0.1, 0.15) is 0 Å². The lowest BCUT2D eigenvalue weighted by Crippen LogP contribution is -1.98. The molecule has 0 aliphatic rings. The van der Waals surface area contributed by atoms with Crippen molar-refractivity contribution < 1.29 is 9.13 Å². The van der Waals surface area contributed by atoms with Crippen LogP contribution in [0, 0.1) is 5.82 Å². The van der Waals surface area contributed by atoms with E-state index in [-0.39, 0.29) is 5.88 Å². The summed E-state index contributed by atoms with van der Waals surface area (Å²) >= 11 is 12.0. The van der Waals surface area contributed by atoms with E-state index in [9.17, 15) is 4.39 Å². The molecule has 0 saturated carbocycles. The number of aromatic nitrogens is 4. The van der Waals surface area contributed by atoms with Crippen molar-refractivity contribution in [1.82, 2.24) is 19.7 Å². The van der Waals surface area contributed by atoms with Gasteiger partial charge in [0.15, 0.2) is 5.65 Å².